The third-order valence-corrected chi connectivity index (χ3v) is 3.64. The van der Waals surface area contributed by atoms with Gasteiger partial charge in [-0.15, -0.1) is 0 Å². The van der Waals surface area contributed by atoms with Crippen molar-refractivity contribution in [2.24, 2.45) is 0 Å². The summed E-state index contributed by atoms with van der Waals surface area (Å²) >= 11 is 0. The van der Waals surface area contributed by atoms with Crippen LogP contribution in [0.4, 0.5) is 5.69 Å². The Kier molecular flexibility index (Phi) is 3.25. The normalized spacial score (nSPS) is 13.3. The molecular formula is C17H14N2O3. The topological polar surface area (TPSA) is 66.5 Å². The number of nitrogens with zero attached hydrogens (tertiary/aromatic N) is 1. The molecule has 22 heavy (non-hydrogen) atoms. The molecule has 110 valence electrons. The molecule has 1 N–H and O–H groups in total. The molecule has 2 aromatic carbocycles. The number of hydrogen-bond acceptors (Lipinski definition) is 3. The molecule has 5 nitrogen and oxygen atoms in total. The third kappa shape index (κ3) is 2.07. The van der Waals surface area contributed by atoms with Crippen LogP contribution in [0.15, 0.2) is 42.5 Å². The van der Waals surface area contributed by atoms with Gasteiger partial charge in [0.25, 0.3) is 17.7 Å². The second-order valence-corrected chi connectivity index (χ2v) is 5.12. The lowest BCUT2D eigenvalue weighted by atomic mass is 10.1. The first-order chi connectivity index (χ1) is 10.5. The van der Waals surface area contributed by atoms with Crippen molar-refractivity contribution in [3.8, 4) is 0 Å². The monoisotopic (exact) mass is 294 g/mol. The van der Waals surface area contributed by atoms with E-state index in [2.05, 4.69) is 5.32 Å². The van der Waals surface area contributed by atoms with Gasteiger partial charge in [0.2, 0.25) is 0 Å². The summed E-state index contributed by atoms with van der Waals surface area (Å²) in [4.78, 5) is 37.9. The molecule has 0 fully saturated rings. The van der Waals surface area contributed by atoms with Crippen LogP contribution in [0.2, 0.25) is 0 Å². The number of carbonyl (C=O) groups is 3. The Morgan fingerprint density at radius 2 is 1.73 bits per heavy atom. The third-order valence-electron chi connectivity index (χ3n) is 3.64. The highest BCUT2D eigenvalue weighted by Gasteiger charge is 2.37. The summed E-state index contributed by atoms with van der Waals surface area (Å²) in [6.45, 7) is 1.89. The Morgan fingerprint density at radius 3 is 2.41 bits per heavy atom. The van der Waals surface area contributed by atoms with Crippen molar-refractivity contribution in [3.63, 3.8) is 0 Å². The fourth-order valence-electron chi connectivity index (χ4n) is 2.53. The van der Waals surface area contributed by atoms with Crippen molar-refractivity contribution in [2.45, 2.75) is 6.92 Å². The first kappa shape index (κ1) is 14.0. The summed E-state index contributed by atoms with van der Waals surface area (Å²) in [6, 6.07) is 11.7. The van der Waals surface area contributed by atoms with Crippen molar-refractivity contribution in [2.75, 3.05) is 11.9 Å². The molecule has 0 radical (unpaired) electrons. The maximum Gasteiger partial charge on any atom is 0.266 e. The van der Waals surface area contributed by atoms with Crippen LogP contribution in [-0.4, -0.2) is 24.8 Å². The van der Waals surface area contributed by atoms with E-state index >= 15 is 0 Å². The summed E-state index contributed by atoms with van der Waals surface area (Å²) in [5, 5.41) is 2.50. The molecule has 0 saturated carbocycles. The van der Waals surface area contributed by atoms with Gasteiger partial charge < -0.3 is 5.32 Å². The number of hydrogen-bond donors (Lipinski definition) is 1. The predicted molar refractivity (Wildman–Crippen MR) is 82.2 cm³/mol. The minimum Gasteiger partial charge on any atom is -0.355 e. The minimum atomic E-state index is -0.406. The smallest absolute Gasteiger partial charge is 0.266 e. The van der Waals surface area contributed by atoms with Gasteiger partial charge in [-0.2, -0.15) is 0 Å². The molecule has 0 saturated heterocycles. The largest absolute Gasteiger partial charge is 0.355 e. The fourth-order valence-corrected chi connectivity index (χ4v) is 2.53. The molecule has 1 aliphatic rings. The molecule has 3 amide bonds. The van der Waals surface area contributed by atoms with Gasteiger partial charge >= 0.3 is 0 Å². The van der Waals surface area contributed by atoms with Crippen LogP contribution in [0.25, 0.3) is 0 Å². The number of nitrogens with one attached hydrogen (secondary N) is 1. The number of imide groups is 1. The zero-order valence-electron chi connectivity index (χ0n) is 12.2. The van der Waals surface area contributed by atoms with E-state index < -0.39 is 5.91 Å². The molecule has 3 rings (SSSR count). The van der Waals surface area contributed by atoms with Crippen LogP contribution >= 0.6 is 0 Å². The summed E-state index contributed by atoms with van der Waals surface area (Å²) in [7, 11) is 1.52. The number of rotatable bonds is 2. The first-order valence-corrected chi connectivity index (χ1v) is 6.84. The summed E-state index contributed by atoms with van der Waals surface area (Å²) in [5.74, 6) is -1.07. The van der Waals surface area contributed by atoms with E-state index in [4.69, 9.17) is 0 Å². The van der Waals surface area contributed by atoms with Gasteiger partial charge in [0.15, 0.2) is 0 Å². The molecule has 0 aliphatic carbocycles. The van der Waals surface area contributed by atoms with E-state index in [1.807, 2.05) is 13.0 Å². The van der Waals surface area contributed by atoms with Gasteiger partial charge in [0.1, 0.15) is 0 Å². The number of carbonyl (C=O) groups excluding carboxylic acids is 3. The summed E-state index contributed by atoms with van der Waals surface area (Å²) < 4.78 is 0. The SMILES string of the molecule is CNC(=O)c1ccc2c(c1)C(=O)N(c1cccc(C)c1)C2=O. The molecule has 0 unspecified atom stereocenters. The highest BCUT2D eigenvalue weighted by molar-refractivity contribution is 6.34. The van der Waals surface area contributed by atoms with Gasteiger partial charge in [-0.05, 0) is 42.8 Å². The highest BCUT2D eigenvalue weighted by Crippen LogP contribution is 2.29. The molecule has 1 heterocycles. The molecule has 1 aliphatic heterocycles. The van der Waals surface area contributed by atoms with Crippen LogP contribution in [0.1, 0.15) is 36.6 Å². The molecule has 0 aromatic heterocycles. The molecule has 5 heteroatoms. The maximum absolute atomic E-state index is 12.6. The number of aryl methyl sites for hydroxylation is 1. The standard InChI is InChI=1S/C17H14N2O3/c1-10-4-3-5-12(8-10)19-16(21)13-7-6-11(15(20)18-2)9-14(13)17(19)22/h3-9H,1-2H3,(H,18,20). The van der Waals surface area contributed by atoms with Crippen LogP contribution < -0.4 is 10.2 Å². The second-order valence-electron chi connectivity index (χ2n) is 5.12. The average molecular weight is 294 g/mol. The fraction of sp³-hybridized carbons (Fsp3) is 0.118. The van der Waals surface area contributed by atoms with E-state index in [1.165, 1.54) is 19.2 Å². The number of benzene rings is 2. The molecule has 0 bridgehead atoms. The second kappa shape index (κ2) is 5.11. The molecular weight excluding hydrogens is 280 g/mol. The van der Waals surface area contributed by atoms with E-state index in [1.54, 1.807) is 24.3 Å². The Hall–Kier alpha value is -2.95. The van der Waals surface area contributed by atoms with Crippen LogP contribution in [0.3, 0.4) is 0 Å². The lowest BCUT2D eigenvalue weighted by Crippen LogP contribution is -2.29. The quantitative estimate of drug-likeness (QED) is 0.863. The first-order valence-electron chi connectivity index (χ1n) is 6.84. The van der Waals surface area contributed by atoms with Crippen LogP contribution in [0, 0.1) is 6.92 Å². The lowest BCUT2D eigenvalue weighted by Gasteiger charge is -2.14. The lowest BCUT2D eigenvalue weighted by molar-refractivity contribution is 0.0924. The van der Waals surface area contributed by atoms with Crippen molar-refractivity contribution in [3.05, 3.63) is 64.7 Å². The van der Waals surface area contributed by atoms with Crippen molar-refractivity contribution in [1.29, 1.82) is 0 Å². The molecule has 0 spiro atoms. The predicted octanol–water partition coefficient (Wildman–Crippen LogP) is 2.16. The minimum absolute atomic E-state index is 0.257. The Balaban J connectivity index is 2.07. The Morgan fingerprint density at radius 1 is 1.00 bits per heavy atom. The maximum atomic E-state index is 12.6. The van der Waals surface area contributed by atoms with E-state index in [0.29, 0.717) is 16.8 Å². The van der Waals surface area contributed by atoms with Gasteiger partial charge in [0, 0.05) is 12.6 Å². The van der Waals surface area contributed by atoms with E-state index in [-0.39, 0.29) is 17.4 Å². The zero-order chi connectivity index (χ0) is 15.9. The molecule has 0 atom stereocenters. The number of amides is 3. The average Bonchev–Trinajstić information content (AvgIpc) is 2.77. The van der Waals surface area contributed by atoms with Crippen molar-refractivity contribution >= 4 is 23.4 Å². The van der Waals surface area contributed by atoms with Crippen LogP contribution in [-0.2, 0) is 0 Å². The van der Waals surface area contributed by atoms with Gasteiger partial charge in [-0.25, -0.2) is 4.90 Å². The van der Waals surface area contributed by atoms with Crippen molar-refractivity contribution in [1.82, 2.24) is 5.32 Å². The van der Waals surface area contributed by atoms with Crippen molar-refractivity contribution < 1.29 is 14.4 Å². The van der Waals surface area contributed by atoms with Crippen LogP contribution in [0.5, 0.6) is 0 Å². The summed E-state index contributed by atoms with van der Waals surface area (Å²) in [6.07, 6.45) is 0. The Bertz CT molecular complexity index is 811. The van der Waals surface area contributed by atoms with E-state index in [9.17, 15) is 14.4 Å². The highest BCUT2D eigenvalue weighted by atomic mass is 16.2. The zero-order valence-corrected chi connectivity index (χ0v) is 12.2. The van der Waals surface area contributed by atoms with Gasteiger partial charge in [-0.1, -0.05) is 12.1 Å². The Labute approximate surface area is 127 Å². The summed E-state index contributed by atoms with van der Waals surface area (Å²) in [5.41, 5.74) is 2.42. The van der Waals surface area contributed by atoms with Gasteiger partial charge in [0.05, 0.1) is 16.8 Å². The van der Waals surface area contributed by atoms with Gasteiger partial charge in [-0.3, -0.25) is 14.4 Å². The number of anilines is 1. The van der Waals surface area contributed by atoms with E-state index in [0.717, 1.165) is 10.5 Å². The number of fused-ring (bicyclic) bond motifs is 1. The molecule has 2 aromatic rings.